The van der Waals surface area contributed by atoms with Gasteiger partial charge in [0.15, 0.2) is 0 Å². The Morgan fingerprint density at radius 3 is 2.36 bits per heavy atom. The Hall–Kier alpha value is -4.88. The van der Waals surface area contributed by atoms with Crippen LogP contribution in [0.25, 0.3) is 54.8 Å². The predicted molar refractivity (Wildman–Crippen MR) is 179 cm³/mol. The lowest BCUT2D eigenvalue weighted by Crippen LogP contribution is -2.10. The van der Waals surface area contributed by atoms with E-state index >= 15 is 0 Å². The Morgan fingerprint density at radius 2 is 1.43 bits per heavy atom. The lowest BCUT2D eigenvalue weighted by atomic mass is 9.78. The van der Waals surface area contributed by atoms with Crippen LogP contribution in [-0.4, -0.2) is 4.40 Å². The fraction of sp³-hybridized carbons (Fsp3) is 0.122. The molecule has 2 unspecified atom stereocenters. The first-order valence-electron chi connectivity index (χ1n) is 15.1. The van der Waals surface area contributed by atoms with Crippen LogP contribution in [0.15, 0.2) is 134 Å². The Balaban J connectivity index is 1.25. The highest BCUT2D eigenvalue weighted by atomic mass is 14.9. The highest BCUT2D eigenvalue weighted by Crippen LogP contribution is 2.49. The largest absolute Gasteiger partial charge is 0.308 e. The summed E-state index contributed by atoms with van der Waals surface area (Å²) in [7, 11) is 0. The molecule has 0 fully saturated rings. The second-order valence-electron chi connectivity index (χ2n) is 12.2. The van der Waals surface area contributed by atoms with Crippen LogP contribution in [0.1, 0.15) is 47.4 Å². The maximum atomic E-state index is 4.61. The van der Waals surface area contributed by atoms with Gasteiger partial charge in [0, 0.05) is 21.5 Å². The topological polar surface area (TPSA) is 4.41 Å². The van der Waals surface area contributed by atoms with Gasteiger partial charge in [-0.05, 0) is 87.4 Å². The molecule has 2 aromatic heterocycles. The summed E-state index contributed by atoms with van der Waals surface area (Å²) in [5, 5.41) is 5.30. The van der Waals surface area contributed by atoms with Gasteiger partial charge >= 0.3 is 0 Å². The molecule has 2 heterocycles. The van der Waals surface area contributed by atoms with Gasteiger partial charge in [-0.15, -0.1) is 0 Å². The molecule has 1 nitrogen and oxygen atoms in total. The van der Waals surface area contributed by atoms with Gasteiger partial charge in [-0.3, -0.25) is 0 Å². The van der Waals surface area contributed by atoms with Gasteiger partial charge in [-0.1, -0.05) is 117 Å². The Morgan fingerprint density at radius 1 is 0.690 bits per heavy atom. The molecule has 0 aliphatic heterocycles. The lowest BCUT2D eigenvalue weighted by Gasteiger charge is -2.26. The molecule has 2 bridgehead atoms. The van der Waals surface area contributed by atoms with Crippen molar-refractivity contribution in [3.05, 3.63) is 156 Å². The molecular weight excluding hydrogens is 506 g/mol. The number of hydrogen-bond donors (Lipinski definition) is 0. The van der Waals surface area contributed by atoms with Crippen LogP contribution < -0.4 is 0 Å². The molecule has 0 N–H and O–H groups in total. The number of nitrogens with zero attached hydrogens (tertiary/aromatic N) is 1. The maximum Gasteiger partial charge on any atom is 0.0620 e. The maximum absolute atomic E-state index is 4.61. The average molecular weight is 538 g/mol. The van der Waals surface area contributed by atoms with E-state index in [0.717, 1.165) is 12.8 Å². The summed E-state index contributed by atoms with van der Waals surface area (Å²) < 4.78 is 2.46. The number of aromatic nitrogens is 1. The summed E-state index contributed by atoms with van der Waals surface area (Å²) in [6.07, 6.45) is 8.77. The fourth-order valence-corrected chi connectivity index (χ4v) is 7.96. The molecule has 1 heteroatoms. The summed E-state index contributed by atoms with van der Waals surface area (Å²) in [6, 6.07) is 38.7. The van der Waals surface area contributed by atoms with E-state index in [2.05, 4.69) is 139 Å². The third-order valence-electron chi connectivity index (χ3n) is 10.0. The zero-order valence-corrected chi connectivity index (χ0v) is 23.8. The number of para-hydroxylation sites is 2. The van der Waals surface area contributed by atoms with Crippen molar-refractivity contribution in [3.8, 4) is 11.1 Å². The molecule has 7 aromatic rings. The number of allylic oxidation sites excluding steroid dienone is 5. The Labute approximate surface area is 246 Å². The smallest absolute Gasteiger partial charge is 0.0620 e. The van der Waals surface area contributed by atoms with E-state index in [4.69, 9.17) is 0 Å². The van der Waals surface area contributed by atoms with Crippen molar-refractivity contribution in [2.45, 2.75) is 31.6 Å². The first-order chi connectivity index (χ1) is 20.7. The van der Waals surface area contributed by atoms with Crippen molar-refractivity contribution >= 4 is 43.7 Å². The molecule has 5 aromatic carbocycles. The van der Waals surface area contributed by atoms with Gasteiger partial charge in [0.05, 0.1) is 16.6 Å². The standard InChI is InChI=1S/C41H31N/c1-25-22-36-26(2)37-23-28(18-20-32(37)30(25)12-5-3-10-27-11-4-6-13-31(27)36)29-19-21-40-38(24-29)35-16-9-15-34-33-14-7-8-17-39(33)42(40)41(34)35/h3-9,11-21,23-24,26,36H,1,10,22H2,2H3/b5-3-,30-12+. The molecule has 0 saturated carbocycles. The van der Waals surface area contributed by atoms with Crippen LogP contribution in [0, 0.1) is 0 Å². The number of benzene rings is 5. The number of fused-ring (bicyclic) bond motifs is 13. The molecule has 0 radical (unpaired) electrons. The molecule has 0 amide bonds. The van der Waals surface area contributed by atoms with Crippen molar-refractivity contribution in [2.75, 3.05) is 0 Å². The number of rotatable bonds is 1. The van der Waals surface area contributed by atoms with E-state index in [9.17, 15) is 0 Å². The highest BCUT2D eigenvalue weighted by molar-refractivity contribution is 6.23. The molecule has 2 aliphatic rings. The van der Waals surface area contributed by atoms with Crippen molar-refractivity contribution in [1.29, 1.82) is 0 Å². The first-order valence-corrected chi connectivity index (χ1v) is 15.1. The van der Waals surface area contributed by atoms with Gasteiger partial charge < -0.3 is 4.40 Å². The minimum atomic E-state index is 0.372. The predicted octanol–water partition coefficient (Wildman–Crippen LogP) is 10.8. The van der Waals surface area contributed by atoms with Crippen molar-refractivity contribution in [2.24, 2.45) is 0 Å². The molecule has 200 valence electrons. The van der Waals surface area contributed by atoms with E-state index < -0.39 is 0 Å². The van der Waals surface area contributed by atoms with Gasteiger partial charge in [0.1, 0.15) is 0 Å². The van der Waals surface area contributed by atoms with Crippen LogP contribution in [-0.2, 0) is 6.42 Å². The van der Waals surface area contributed by atoms with Crippen LogP contribution in [0.2, 0.25) is 0 Å². The molecular formula is C41H31N. The van der Waals surface area contributed by atoms with Crippen molar-refractivity contribution < 1.29 is 0 Å². The zero-order chi connectivity index (χ0) is 27.9. The van der Waals surface area contributed by atoms with Crippen LogP contribution in [0.4, 0.5) is 0 Å². The zero-order valence-electron chi connectivity index (χ0n) is 23.8. The second-order valence-corrected chi connectivity index (χ2v) is 12.2. The quantitative estimate of drug-likeness (QED) is 0.196. The minimum Gasteiger partial charge on any atom is -0.308 e. The summed E-state index contributed by atoms with van der Waals surface area (Å²) in [5.41, 5.74) is 14.6. The second kappa shape index (κ2) is 8.81. The lowest BCUT2D eigenvalue weighted by molar-refractivity contribution is 0.578. The number of hydrogen-bond acceptors (Lipinski definition) is 0. The molecule has 2 aliphatic carbocycles. The van der Waals surface area contributed by atoms with E-state index in [1.165, 1.54) is 82.6 Å². The Kier molecular flexibility index (Phi) is 4.99. The normalized spacial score (nSPS) is 20.5. The van der Waals surface area contributed by atoms with Gasteiger partial charge in [0.25, 0.3) is 0 Å². The van der Waals surface area contributed by atoms with Gasteiger partial charge in [0.2, 0.25) is 0 Å². The van der Waals surface area contributed by atoms with Crippen molar-refractivity contribution in [3.63, 3.8) is 0 Å². The molecule has 0 saturated heterocycles. The minimum absolute atomic E-state index is 0.372. The average Bonchev–Trinajstić information content (AvgIpc) is 3.51. The first kappa shape index (κ1) is 23.8. The third-order valence-corrected chi connectivity index (χ3v) is 10.0. The van der Waals surface area contributed by atoms with E-state index in [0.29, 0.717) is 11.8 Å². The van der Waals surface area contributed by atoms with Crippen LogP contribution in [0.3, 0.4) is 0 Å². The summed E-state index contributed by atoms with van der Waals surface area (Å²) in [5.74, 6) is 0.772. The van der Waals surface area contributed by atoms with Crippen LogP contribution in [0.5, 0.6) is 0 Å². The molecule has 0 spiro atoms. The highest BCUT2D eigenvalue weighted by Gasteiger charge is 2.31. The molecule has 42 heavy (non-hydrogen) atoms. The molecule has 9 rings (SSSR count). The van der Waals surface area contributed by atoms with E-state index in [1.54, 1.807) is 0 Å². The monoisotopic (exact) mass is 537 g/mol. The van der Waals surface area contributed by atoms with Crippen LogP contribution >= 0.6 is 0 Å². The summed E-state index contributed by atoms with van der Waals surface area (Å²) in [4.78, 5) is 0. The molecule has 2 atom stereocenters. The van der Waals surface area contributed by atoms with Gasteiger partial charge in [-0.2, -0.15) is 0 Å². The summed E-state index contributed by atoms with van der Waals surface area (Å²) >= 11 is 0. The fourth-order valence-electron chi connectivity index (χ4n) is 7.96. The van der Waals surface area contributed by atoms with E-state index in [-0.39, 0.29) is 0 Å². The van der Waals surface area contributed by atoms with Crippen molar-refractivity contribution in [1.82, 2.24) is 4.40 Å². The van der Waals surface area contributed by atoms with E-state index in [1.807, 2.05) is 0 Å². The SMILES string of the molecule is C=C1CC2c3ccccc3C/C=C\C=C/1c1ccc(-c3ccc4c(c3)c3cccc5c6ccccc6n4c53)cc1C2C. The summed E-state index contributed by atoms with van der Waals surface area (Å²) in [6.45, 7) is 7.03. The van der Waals surface area contributed by atoms with Gasteiger partial charge in [-0.25, -0.2) is 0 Å². The third kappa shape index (κ3) is 3.25. The Bertz CT molecular complexity index is 2290.